The monoisotopic (exact) mass is 341 g/mol. The topological polar surface area (TPSA) is 44.8 Å². The fourth-order valence-corrected chi connectivity index (χ4v) is 2.92. The summed E-state index contributed by atoms with van der Waals surface area (Å²) in [4.78, 5) is 16.8. The van der Waals surface area contributed by atoms with E-state index in [1.54, 1.807) is 0 Å². The zero-order chi connectivity index (χ0) is 13.8. The molecule has 0 aromatic rings. The van der Waals surface area contributed by atoms with Crippen LogP contribution in [0.1, 0.15) is 26.7 Å². The fourth-order valence-electron chi connectivity index (χ4n) is 2.92. The molecule has 0 aromatic carbocycles. The van der Waals surface area contributed by atoms with Gasteiger partial charge in [-0.15, -0.1) is 24.8 Å². The Hall–Kier alpha value is -0.0700. The number of likely N-dealkylation sites (tertiary alicyclic amines) is 1. The second-order valence-electron chi connectivity index (χ2n) is 5.87. The van der Waals surface area contributed by atoms with Gasteiger partial charge in [-0.2, -0.15) is 0 Å². The molecule has 0 saturated carbocycles. The molecule has 0 spiro atoms. The molecule has 2 aliphatic rings. The number of piperidine rings is 1. The first-order chi connectivity index (χ1) is 9.09. The van der Waals surface area contributed by atoms with E-state index in [1.165, 1.54) is 0 Å². The number of ether oxygens (including phenoxy) is 1. The van der Waals surface area contributed by atoms with Crippen LogP contribution in [0.25, 0.3) is 0 Å². The number of halogens is 2. The molecule has 1 atom stereocenters. The lowest BCUT2D eigenvalue weighted by molar-refractivity contribution is -0.147. The number of rotatable bonds is 3. The maximum atomic E-state index is 12.4. The molecular formula is C14H29Cl2N3O2. The van der Waals surface area contributed by atoms with Crippen LogP contribution in [0.5, 0.6) is 0 Å². The number of hydrogen-bond acceptors (Lipinski definition) is 4. The van der Waals surface area contributed by atoms with Crippen LogP contribution in [-0.2, 0) is 9.53 Å². The van der Waals surface area contributed by atoms with E-state index in [1.807, 2.05) is 11.9 Å². The molecule has 2 saturated heterocycles. The summed E-state index contributed by atoms with van der Waals surface area (Å²) in [6.07, 6.45) is 1.85. The van der Waals surface area contributed by atoms with Crippen molar-refractivity contribution in [1.82, 2.24) is 15.1 Å². The van der Waals surface area contributed by atoms with Gasteiger partial charge in [0.25, 0.3) is 5.91 Å². The van der Waals surface area contributed by atoms with Gasteiger partial charge in [-0.25, -0.2) is 0 Å². The van der Waals surface area contributed by atoms with Gasteiger partial charge in [0.1, 0.15) is 6.10 Å². The lowest BCUT2D eigenvalue weighted by Crippen LogP contribution is -2.53. The molecule has 0 aromatic heterocycles. The van der Waals surface area contributed by atoms with Crippen molar-refractivity contribution in [3.05, 3.63) is 0 Å². The van der Waals surface area contributed by atoms with Gasteiger partial charge in [-0.05, 0) is 26.7 Å². The van der Waals surface area contributed by atoms with Crippen molar-refractivity contribution in [3.8, 4) is 0 Å². The third-order valence-electron chi connectivity index (χ3n) is 4.33. The molecule has 2 rings (SSSR count). The number of nitrogens with zero attached hydrogens (tertiary/aromatic N) is 2. The van der Waals surface area contributed by atoms with Gasteiger partial charge in [0.15, 0.2) is 0 Å². The van der Waals surface area contributed by atoms with Crippen molar-refractivity contribution in [3.63, 3.8) is 0 Å². The van der Waals surface area contributed by atoms with Crippen molar-refractivity contribution < 1.29 is 9.53 Å². The third kappa shape index (κ3) is 5.57. The molecule has 7 heteroatoms. The first kappa shape index (κ1) is 20.9. The first-order valence-electron chi connectivity index (χ1n) is 7.42. The minimum Gasteiger partial charge on any atom is -0.366 e. The highest BCUT2D eigenvalue weighted by atomic mass is 35.5. The van der Waals surface area contributed by atoms with E-state index in [4.69, 9.17) is 4.74 Å². The van der Waals surface area contributed by atoms with Crippen molar-refractivity contribution in [1.29, 1.82) is 0 Å². The second-order valence-corrected chi connectivity index (χ2v) is 5.87. The summed E-state index contributed by atoms with van der Waals surface area (Å²) in [7, 11) is 1.93. The zero-order valence-electron chi connectivity index (χ0n) is 13.2. The minimum atomic E-state index is -0.290. The second kappa shape index (κ2) is 9.85. The maximum absolute atomic E-state index is 12.4. The first-order valence-corrected chi connectivity index (χ1v) is 7.42. The van der Waals surface area contributed by atoms with E-state index in [9.17, 15) is 4.79 Å². The van der Waals surface area contributed by atoms with E-state index >= 15 is 0 Å². The number of amides is 1. The minimum absolute atomic E-state index is 0. The molecule has 1 N–H and O–H groups in total. The molecule has 2 aliphatic heterocycles. The predicted octanol–water partition coefficient (Wildman–Crippen LogP) is 1.15. The van der Waals surface area contributed by atoms with E-state index in [0.717, 1.165) is 32.5 Å². The molecule has 0 aliphatic carbocycles. The Labute approximate surface area is 140 Å². The van der Waals surface area contributed by atoms with Gasteiger partial charge < -0.3 is 19.9 Å². The van der Waals surface area contributed by atoms with Crippen LogP contribution >= 0.6 is 24.8 Å². The average molecular weight is 342 g/mol. The molecule has 0 radical (unpaired) electrons. The van der Waals surface area contributed by atoms with Crippen LogP contribution in [0.15, 0.2) is 0 Å². The van der Waals surface area contributed by atoms with Gasteiger partial charge in [0.05, 0.1) is 6.61 Å². The van der Waals surface area contributed by atoms with Crippen molar-refractivity contribution in [2.45, 2.75) is 44.9 Å². The average Bonchev–Trinajstić information content (AvgIpc) is 2.46. The van der Waals surface area contributed by atoms with Crippen molar-refractivity contribution in [2.75, 3.05) is 39.8 Å². The van der Waals surface area contributed by atoms with E-state index in [-0.39, 0.29) is 36.8 Å². The molecule has 5 nitrogen and oxygen atoms in total. The molecule has 21 heavy (non-hydrogen) atoms. The lowest BCUT2D eigenvalue weighted by atomic mass is 10.0. The Morgan fingerprint density at radius 1 is 1.29 bits per heavy atom. The highest BCUT2D eigenvalue weighted by molar-refractivity contribution is 5.85. The summed E-state index contributed by atoms with van der Waals surface area (Å²) in [5, 5.41) is 3.21. The van der Waals surface area contributed by atoms with Crippen LogP contribution in [0.4, 0.5) is 0 Å². The van der Waals surface area contributed by atoms with Gasteiger partial charge in [0.2, 0.25) is 0 Å². The Morgan fingerprint density at radius 2 is 1.90 bits per heavy atom. The van der Waals surface area contributed by atoms with Crippen LogP contribution in [0.3, 0.4) is 0 Å². The normalized spacial score (nSPS) is 24.1. The molecule has 1 amide bonds. The SMILES string of the molecule is CC(C)N1CCC(N(C)C(=O)C2CNCCO2)CC1.Cl.Cl. The summed E-state index contributed by atoms with van der Waals surface area (Å²) in [5.74, 6) is 0.134. The molecule has 0 bridgehead atoms. The zero-order valence-corrected chi connectivity index (χ0v) is 14.8. The van der Waals surface area contributed by atoms with E-state index in [0.29, 0.717) is 25.2 Å². The molecular weight excluding hydrogens is 313 g/mol. The molecule has 2 fully saturated rings. The summed E-state index contributed by atoms with van der Waals surface area (Å²) < 4.78 is 5.55. The number of carbonyl (C=O) groups excluding carboxylic acids is 1. The Morgan fingerprint density at radius 3 is 2.38 bits per heavy atom. The predicted molar refractivity (Wildman–Crippen MR) is 89.6 cm³/mol. The Kier molecular flexibility index (Phi) is 9.81. The Balaban J connectivity index is 0.00000200. The number of likely N-dealkylation sites (N-methyl/N-ethyl adjacent to an activating group) is 1. The van der Waals surface area contributed by atoms with Crippen LogP contribution in [-0.4, -0.2) is 73.7 Å². The van der Waals surface area contributed by atoms with Crippen molar-refractivity contribution >= 4 is 30.7 Å². The van der Waals surface area contributed by atoms with E-state index < -0.39 is 0 Å². The maximum Gasteiger partial charge on any atom is 0.253 e. The number of morpholine rings is 1. The molecule has 1 unspecified atom stereocenters. The fraction of sp³-hybridized carbons (Fsp3) is 0.929. The largest absolute Gasteiger partial charge is 0.366 e. The third-order valence-corrected chi connectivity index (χ3v) is 4.33. The van der Waals surface area contributed by atoms with Gasteiger partial charge >= 0.3 is 0 Å². The van der Waals surface area contributed by atoms with Crippen LogP contribution < -0.4 is 5.32 Å². The van der Waals surface area contributed by atoms with E-state index in [2.05, 4.69) is 24.1 Å². The highest BCUT2D eigenvalue weighted by Crippen LogP contribution is 2.18. The van der Waals surface area contributed by atoms with Crippen molar-refractivity contribution in [2.24, 2.45) is 0 Å². The number of hydrogen-bond donors (Lipinski definition) is 1. The molecule has 2 heterocycles. The van der Waals surface area contributed by atoms with Gasteiger partial charge in [-0.3, -0.25) is 4.79 Å². The van der Waals surface area contributed by atoms with Crippen LogP contribution in [0.2, 0.25) is 0 Å². The summed E-state index contributed by atoms with van der Waals surface area (Å²) in [6.45, 7) is 8.77. The summed E-state index contributed by atoms with van der Waals surface area (Å²) in [6, 6.07) is 0.973. The lowest BCUT2D eigenvalue weighted by Gasteiger charge is -2.39. The van der Waals surface area contributed by atoms with Gasteiger partial charge in [-0.1, -0.05) is 0 Å². The quantitative estimate of drug-likeness (QED) is 0.836. The smallest absolute Gasteiger partial charge is 0.253 e. The number of carbonyl (C=O) groups is 1. The summed E-state index contributed by atoms with van der Waals surface area (Å²) >= 11 is 0. The number of nitrogens with one attached hydrogen (secondary N) is 1. The standard InChI is InChI=1S/C14H27N3O2.2ClH/c1-11(2)17-7-4-12(5-8-17)16(3)14(18)13-10-15-6-9-19-13;;/h11-13,15H,4-10H2,1-3H3;2*1H. The summed E-state index contributed by atoms with van der Waals surface area (Å²) in [5.41, 5.74) is 0. The van der Waals surface area contributed by atoms with Gasteiger partial charge in [0, 0.05) is 45.3 Å². The Bertz CT molecular complexity index is 305. The highest BCUT2D eigenvalue weighted by Gasteiger charge is 2.31. The van der Waals surface area contributed by atoms with Crippen LogP contribution in [0, 0.1) is 0 Å². The molecule has 126 valence electrons.